The lowest BCUT2D eigenvalue weighted by molar-refractivity contribution is -0.116. The van der Waals surface area contributed by atoms with Crippen molar-refractivity contribution in [1.29, 1.82) is 0 Å². The van der Waals surface area contributed by atoms with E-state index in [0.717, 1.165) is 12.8 Å². The van der Waals surface area contributed by atoms with Crippen LogP contribution in [0.1, 0.15) is 19.3 Å². The molecule has 3 atom stereocenters. The van der Waals surface area contributed by atoms with Gasteiger partial charge in [-0.3, -0.25) is 9.69 Å². The fourth-order valence-electron chi connectivity index (χ4n) is 2.86. The average Bonchev–Trinajstić information content (AvgIpc) is 2.60. The summed E-state index contributed by atoms with van der Waals surface area (Å²) in [5.74, 6) is 0.473. The van der Waals surface area contributed by atoms with Gasteiger partial charge < -0.3 is 4.74 Å². The van der Waals surface area contributed by atoms with Crippen molar-refractivity contribution in [3.8, 4) is 0 Å². The van der Waals surface area contributed by atoms with Crippen LogP contribution >= 0.6 is 0 Å². The number of hydrogen-bond donors (Lipinski definition) is 0. The van der Waals surface area contributed by atoms with Crippen molar-refractivity contribution < 1.29 is 14.3 Å². The molecule has 2 aliphatic heterocycles. The monoisotopic (exact) mass is 207 g/mol. The van der Waals surface area contributed by atoms with Crippen molar-refractivity contribution >= 4 is 11.9 Å². The molecule has 2 saturated heterocycles. The van der Waals surface area contributed by atoms with E-state index in [1.165, 1.54) is 0 Å². The number of allylic oxidation sites excluding steroid dienone is 1. The van der Waals surface area contributed by atoms with Gasteiger partial charge in [-0.15, -0.1) is 0 Å². The summed E-state index contributed by atoms with van der Waals surface area (Å²) in [6.07, 6.45) is 5.89. The highest BCUT2D eigenvalue weighted by Crippen LogP contribution is 2.36. The number of piperidine rings is 1. The van der Waals surface area contributed by atoms with E-state index < -0.39 is 0 Å². The van der Waals surface area contributed by atoms with Gasteiger partial charge in [0.15, 0.2) is 5.78 Å². The van der Waals surface area contributed by atoms with E-state index >= 15 is 0 Å². The third kappa shape index (κ3) is 1.28. The number of rotatable bonds is 0. The maximum Gasteiger partial charge on any atom is 0.410 e. The van der Waals surface area contributed by atoms with E-state index in [1.54, 1.807) is 11.0 Å². The molecule has 80 valence electrons. The number of amides is 1. The number of carbonyl (C=O) groups is 2. The molecule has 1 aliphatic carbocycles. The Balaban J connectivity index is 1.91. The lowest BCUT2D eigenvalue weighted by atomic mass is 9.80. The van der Waals surface area contributed by atoms with Gasteiger partial charge in [-0.05, 0) is 24.8 Å². The molecular formula is C11H13NO3. The van der Waals surface area contributed by atoms with Crippen LogP contribution in [-0.4, -0.2) is 35.5 Å². The number of nitrogens with zero attached hydrogens (tertiary/aromatic N) is 1. The Morgan fingerprint density at radius 3 is 3.07 bits per heavy atom. The highest BCUT2D eigenvalue weighted by atomic mass is 16.6. The molecule has 0 saturated carbocycles. The van der Waals surface area contributed by atoms with Crippen LogP contribution in [0, 0.1) is 5.92 Å². The fourth-order valence-corrected chi connectivity index (χ4v) is 2.86. The third-order valence-electron chi connectivity index (χ3n) is 3.63. The Hall–Kier alpha value is -1.32. The van der Waals surface area contributed by atoms with Gasteiger partial charge in [0.25, 0.3) is 0 Å². The van der Waals surface area contributed by atoms with Crippen molar-refractivity contribution in [3.05, 3.63) is 12.2 Å². The standard InChI is InChI=1S/C11H13NO3/c13-9-4-2-7-1-3-8-6-15-11(14)12(8)10(7)5-9/h2,4,7-8,10H,1,3,5-6H2/t7-,8-,10-/m0/s1. The molecule has 2 heterocycles. The Kier molecular flexibility index (Phi) is 1.84. The van der Waals surface area contributed by atoms with E-state index in [9.17, 15) is 9.59 Å². The van der Waals surface area contributed by atoms with Crippen LogP contribution in [0.25, 0.3) is 0 Å². The summed E-state index contributed by atoms with van der Waals surface area (Å²) in [6.45, 7) is 0.500. The number of ketones is 1. The Morgan fingerprint density at radius 1 is 1.33 bits per heavy atom. The molecule has 0 aromatic carbocycles. The summed E-state index contributed by atoms with van der Waals surface area (Å²) in [7, 11) is 0. The summed E-state index contributed by atoms with van der Waals surface area (Å²) in [4.78, 5) is 24.7. The maximum atomic E-state index is 11.5. The molecule has 0 bridgehead atoms. The summed E-state index contributed by atoms with van der Waals surface area (Å²) in [5, 5.41) is 0. The molecule has 0 spiro atoms. The minimum atomic E-state index is -0.238. The number of ether oxygens (including phenoxy) is 1. The SMILES string of the molecule is O=C1C=C[C@@H]2CC[C@H]3COC(=O)N3[C@H]2C1. The first-order valence-electron chi connectivity index (χ1n) is 5.42. The molecule has 2 fully saturated rings. The molecule has 3 aliphatic rings. The number of fused-ring (bicyclic) bond motifs is 3. The molecule has 0 aromatic heterocycles. The Bertz CT molecular complexity index is 350. The largest absolute Gasteiger partial charge is 0.447 e. The molecule has 0 N–H and O–H groups in total. The van der Waals surface area contributed by atoms with Gasteiger partial charge in [-0.25, -0.2) is 4.79 Å². The van der Waals surface area contributed by atoms with Gasteiger partial charge in [0, 0.05) is 12.5 Å². The lowest BCUT2D eigenvalue weighted by Gasteiger charge is -2.41. The second-order valence-corrected chi connectivity index (χ2v) is 4.48. The normalized spacial score (nSPS) is 38.7. The second kappa shape index (κ2) is 3.08. The van der Waals surface area contributed by atoms with E-state index in [2.05, 4.69) is 0 Å². The quantitative estimate of drug-likeness (QED) is 0.598. The van der Waals surface area contributed by atoms with Crippen molar-refractivity contribution in [2.45, 2.75) is 31.3 Å². The van der Waals surface area contributed by atoms with Crippen LogP contribution in [0.5, 0.6) is 0 Å². The predicted octanol–water partition coefficient (Wildman–Crippen LogP) is 1.11. The van der Waals surface area contributed by atoms with E-state index in [0.29, 0.717) is 18.9 Å². The number of hydrogen-bond acceptors (Lipinski definition) is 3. The first kappa shape index (κ1) is 8.95. The smallest absolute Gasteiger partial charge is 0.410 e. The molecule has 15 heavy (non-hydrogen) atoms. The Labute approximate surface area is 87.9 Å². The highest BCUT2D eigenvalue weighted by Gasteiger charge is 2.45. The minimum Gasteiger partial charge on any atom is -0.447 e. The zero-order chi connectivity index (χ0) is 10.4. The second-order valence-electron chi connectivity index (χ2n) is 4.48. The van der Waals surface area contributed by atoms with Crippen molar-refractivity contribution in [1.82, 2.24) is 4.90 Å². The lowest BCUT2D eigenvalue weighted by Crippen LogP contribution is -2.51. The summed E-state index contributed by atoms with van der Waals surface area (Å²) in [5.41, 5.74) is 0. The Morgan fingerprint density at radius 2 is 2.20 bits per heavy atom. The molecule has 0 unspecified atom stereocenters. The molecule has 4 nitrogen and oxygen atoms in total. The van der Waals surface area contributed by atoms with E-state index in [1.807, 2.05) is 6.08 Å². The molecule has 4 heteroatoms. The van der Waals surface area contributed by atoms with Gasteiger partial charge in [-0.1, -0.05) is 6.08 Å². The van der Waals surface area contributed by atoms with Gasteiger partial charge in [0.2, 0.25) is 0 Å². The third-order valence-corrected chi connectivity index (χ3v) is 3.63. The number of cyclic esters (lactones) is 1. The number of carbonyl (C=O) groups excluding carboxylic acids is 2. The van der Waals surface area contributed by atoms with Crippen LogP contribution in [0.3, 0.4) is 0 Å². The first-order valence-corrected chi connectivity index (χ1v) is 5.42. The van der Waals surface area contributed by atoms with Crippen LogP contribution in [-0.2, 0) is 9.53 Å². The van der Waals surface area contributed by atoms with Gasteiger partial charge >= 0.3 is 6.09 Å². The predicted molar refractivity (Wildman–Crippen MR) is 52.3 cm³/mol. The van der Waals surface area contributed by atoms with Gasteiger partial charge in [-0.2, -0.15) is 0 Å². The summed E-state index contributed by atoms with van der Waals surface area (Å²) >= 11 is 0. The first-order chi connectivity index (χ1) is 7.25. The molecular weight excluding hydrogens is 194 g/mol. The van der Waals surface area contributed by atoms with Gasteiger partial charge in [0.05, 0.1) is 6.04 Å². The summed E-state index contributed by atoms with van der Waals surface area (Å²) in [6, 6.07) is 0.259. The highest BCUT2D eigenvalue weighted by molar-refractivity contribution is 5.91. The topological polar surface area (TPSA) is 46.6 Å². The van der Waals surface area contributed by atoms with Crippen LogP contribution in [0.4, 0.5) is 4.79 Å². The zero-order valence-electron chi connectivity index (χ0n) is 8.39. The average molecular weight is 207 g/mol. The van der Waals surface area contributed by atoms with Crippen LogP contribution < -0.4 is 0 Å². The molecule has 0 radical (unpaired) electrons. The van der Waals surface area contributed by atoms with Gasteiger partial charge in [0.1, 0.15) is 6.61 Å². The zero-order valence-corrected chi connectivity index (χ0v) is 8.39. The van der Waals surface area contributed by atoms with Crippen LogP contribution in [0.2, 0.25) is 0 Å². The maximum absolute atomic E-state index is 11.5. The van der Waals surface area contributed by atoms with Crippen molar-refractivity contribution in [2.75, 3.05) is 6.61 Å². The van der Waals surface area contributed by atoms with Crippen molar-refractivity contribution in [3.63, 3.8) is 0 Å². The van der Waals surface area contributed by atoms with E-state index in [-0.39, 0.29) is 24.0 Å². The molecule has 1 amide bonds. The summed E-state index contributed by atoms with van der Waals surface area (Å²) < 4.78 is 5.04. The van der Waals surface area contributed by atoms with Crippen LogP contribution in [0.15, 0.2) is 12.2 Å². The van der Waals surface area contributed by atoms with E-state index in [4.69, 9.17) is 4.74 Å². The molecule has 3 rings (SSSR count). The minimum absolute atomic E-state index is 0.0521. The molecule has 0 aromatic rings. The van der Waals surface area contributed by atoms with Crippen molar-refractivity contribution in [2.24, 2.45) is 5.92 Å². The fraction of sp³-hybridized carbons (Fsp3) is 0.636.